The number of nitrogens with one attached hydrogen (secondary N) is 2. The van der Waals surface area contributed by atoms with Crippen molar-refractivity contribution >= 4 is 17.8 Å². The summed E-state index contributed by atoms with van der Waals surface area (Å²) in [6.45, 7) is 1.74. The Morgan fingerprint density at radius 2 is 1.64 bits per heavy atom. The summed E-state index contributed by atoms with van der Waals surface area (Å²) in [6, 6.07) is 16.1. The SMILES string of the molecule is CCC(OC(=O)CNC(=O)c1ccccc1OC)C(=O)NCc1ccccc1. The first kappa shape index (κ1) is 21.0. The van der Waals surface area contributed by atoms with Crippen molar-refractivity contribution in [3.05, 3.63) is 65.7 Å². The maximum atomic E-state index is 12.2. The van der Waals surface area contributed by atoms with Crippen molar-refractivity contribution in [2.75, 3.05) is 13.7 Å². The molecule has 2 aromatic carbocycles. The number of para-hydroxylation sites is 1. The van der Waals surface area contributed by atoms with Gasteiger partial charge in [0.2, 0.25) is 0 Å². The Balaban J connectivity index is 1.82. The number of hydrogen-bond acceptors (Lipinski definition) is 5. The van der Waals surface area contributed by atoms with E-state index in [1.807, 2.05) is 30.3 Å². The molecule has 0 radical (unpaired) electrons. The number of esters is 1. The Kier molecular flexibility index (Phi) is 8.02. The summed E-state index contributed by atoms with van der Waals surface area (Å²) in [7, 11) is 1.46. The lowest BCUT2D eigenvalue weighted by molar-refractivity contribution is -0.155. The van der Waals surface area contributed by atoms with Crippen LogP contribution in [0.2, 0.25) is 0 Å². The zero-order valence-electron chi connectivity index (χ0n) is 15.9. The third-order valence-electron chi connectivity index (χ3n) is 3.99. The lowest BCUT2D eigenvalue weighted by Crippen LogP contribution is -2.39. The van der Waals surface area contributed by atoms with Gasteiger partial charge in [-0.1, -0.05) is 49.4 Å². The van der Waals surface area contributed by atoms with Crippen LogP contribution in [0.25, 0.3) is 0 Å². The highest BCUT2D eigenvalue weighted by atomic mass is 16.5. The molecular formula is C21H24N2O5. The number of rotatable bonds is 9. The minimum atomic E-state index is -0.917. The van der Waals surface area contributed by atoms with Gasteiger partial charge in [0.05, 0.1) is 12.7 Å². The fourth-order valence-corrected chi connectivity index (χ4v) is 2.50. The van der Waals surface area contributed by atoms with E-state index in [1.165, 1.54) is 7.11 Å². The Hall–Kier alpha value is -3.35. The summed E-state index contributed by atoms with van der Waals surface area (Å²) in [5.41, 5.74) is 1.26. The molecule has 0 bridgehead atoms. The maximum absolute atomic E-state index is 12.2. The van der Waals surface area contributed by atoms with E-state index in [-0.39, 0.29) is 12.5 Å². The normalized spacial score (nSPS) is 11.2. The van der Waals surface area contributed by atoms with E-state index in [4.69, 9.17) is 9.47 Å². The Labute approximate surface area is 164 Å². The Bertz CT molecular complexity index is 807. The number of hydrogen-bond donors (Lipinski definition) is 2. The van der Waals surface area contributed by atoms with Crippen LogP contribution in [0.1, 0.15) is 29.3 Å². The Morgan fingerprint density at radius 3 is 2.32 bits per heavy atom. The molecule has 0 saturated carbocycles. The van der Waals surface area contributed by atoms with Crippen molar-refractivity contribution in [3.8, 4) is 5.75 Å². The van der Waals surface area contributed by atoms with E-state index >= 15 is 0 Å². The summed E-state index contributed by atoms with van der Waals surface area (Å²) in [5, 5.41) is 5.22. The summed E-state index contributed by atoms with van der Waals surface area (Å²) in [6.07, 6.45) is -0.591. The van der Waals surface area contributed by atoms with Crippen molar-refractivity contribution in [2.45, 2.75) is 26.0 Å². The number of amides is 2. The molecule has 2 N–H and O–H groups in total. The molecule has 0 aliphatic rings. The fraction of sp³-hybridized carbons (Fsp3) is 0.286. The number of carbonyl (C=O) groups is 3. The second-order valence-corrected chi connectivity index (χ2v) is 5.97. The molecule has 0 fully saturated rings. The van der Waals surface area contributed by atoms with Gasteiger partial charge in [-0.2, -0.15) is 0 Å². The van der Waals surface area contributed by atoms with Crippen LogP contribution in [0.15, 0.2) is 54.6 Å². The van der Waals surface area contributed by atoms with E-state index in [0.29, 0.717) is 24.3 Å². The minimum absolute atomic E-state index is 0.311. The fourth-order valence-electron chi connectivity index (χ4n) is 2.50. The smallest absolute Gasteiger partial charge is 0.326 e. The van der Waals surface area contributed by atoms with Gasteiger partial charge >= 0.3 is 5.97 Å². The number of carbonyl (C=O) groups excluding carboxylic acids is 3. The second-order valence-electron chi connectivity index (χ2n) is 5.97. The molecular weight excluding hydrogens is 360 g/mol. The van der Waals surface area contributed by atoms with Crippen LogP contribution in [-0.2, 0) is 20.9 Å². The van der Waals surface area contributed by atoms with Crippen molar-refractivity contribution in [1.29, 1.82) is 0 Å². The molecule has 2 amide bonds. The van der Waals surface area contributed by atoms with E-state index in [9.17, 15) is 14.4 Å². The van der Waals surface area contributed by atoms with Crippen LogP contribution in [0.3, 0.4) is 0 Å². The molecule has 0 aromatic heterocycles. The molecule has 2 rings (SSSR count). The molecule has 0 aliphatic carbocycles. The van der Waals surface area contributed by atoms with Crippen molar-refractivity contribution in [1.82, 2.24) is 10.6 Å². The predicted octanol–water partition coefficient (Wildman–Crippen LogP) is 2.06. The van der Waals surface area contributed by atoms with Crippen LogP contribution in [0.5, 0.6) is 5.75 Å². The summed E-state index contributed by atoms with van der Waals surface area (Å²) in [5.74, 6) is -1.13. The number of methoxy groups -OCH3 is 1. The van der Waals surface area contributed by atoms with Crippen LogP contribution in [-0.4, -0.2) is 37.5 Å². The largest absolute Gasteiger partial charge is 0.496 e. The van der Waals surface area contributed by atoms with Gasteiger partial charge < -0.3 is 20.1 Å². The van der Waals surface area contributed by atoms with E-state index in [1.54, 1.807) is 31.2 Å². The molecule has 0 spiro atoms. The highest BCUT2D eigenvalue weighted by molar-refractivity contribution is 5.98. The van der Waals surface area contributed by atoms with E-state index in [0.717, 1.165) is 5.56 Å². The zero-order valence-corrected chi connectivity index (χ0v) is 15.9. The lowest BCUT2D eigenvalue weighted by Gasteiger charge is -2.16. The van der Waals surface area contributed by atoms with Gasteiger partial charge in [0, 0.05) is 6.54 Å². The highest BCUT2D eigenvalue weighted by Crippen LogP contribution is 2.16. The van der Waals surface area contributed by atoms with Gasteiger partial charge in [0.15, 0.2) is 6.10 Å². The first-order valence-electron chi connectivity index (χ1n) is 8.97. The van der Waals surface area contributed by atoms with Gasteiger partial charge in [-0.15, -0.1) is 0 Å². The maximum Gasteiger partial charge on any atom is 0.326 e. The molecule has 1 unspecified atom stereocenters. The Morgan fingerprint density at radius 1 is 0.964 bits per heavy atom. The molecule has 7 heteroatoms. The van der Waals surface area contributed by atoms with Gasteiger partial charge in [0.25, 0.3) is 11.8 Å². The number of ether oxygens (including phenoxy) is 2. The van der Waals surface area contributed by atoms with Crippen molar-refractivity contribution in [3.63, 3.8) is 0 Å². The zero-order chi connectivity index (χ0) is 20.4. The topological polar surface area (TPSA) is 93.7 Å². The summed E-state index contributed by atoms with van der Waals surface area (Å²) >= 11 is 0. The van der Waals surface area contributed by atoms with Crippen LogP contribution < -0.4 is 15.4 Å². The molecule has 1 atom stereocenters. The lowest BCUT2D eigenvalue weighted by atomic mass is 10.2. The standard InChI is InChI=1S/C21H24N2O5/c1-3-17(21(26)22-13-15-9-5-4-6-10-15)28-19(24)14-23-20(25)16-11-7-8-12-18(16)27-2/h4-12,17H,3,13-14H2,1-2H3,(H,22,26)(H,23,25). The van der Waals surface area contributed by atoms with Gasteiger partial charge in [0.1, 0.15) is 12.3 Å². The monoisotopic (exact) mass is 384 g/mol. The van der Waals surface area contributed by atoms with Gasteiger partial charge in [-0.25, -0.2) is 0 Å². The van der Waals surface area contributed by atoms with Crippen LogP contribution in [0, 0.1) is 0 Å². The molecule has 148 valence electrons. The second kappa shape index (κ2) is 10.7. The van der Waals surface area contributed by atoms with Crippen molar-refractivity contribution in [2.24, 2.45) is 0 Å². The van der Waals surface area contributed by atoms with Crippen LogP contribution in [0.4, 0.5) is 0 Å². The molecule has 28 heavy (non-hydrogen) atoms. The highest BCUT2D eigenvalue weighted by Gasteiger charge is 2.21. The summed E-state index contributed by atoms with van der Waals surface area (Å²) in [4.78, 5) is 36.5. The first-order valence-corrected chi connectivity index (χ1v) is 8.97. The third kappa shape index (κ3) is 6.12. The quantitative estimate of drug-likeness (QED) is 0.646. The van der Waals surface area contributed by atoms with E-state index in [2.05, 4.69) is 10.6 Å². The van der Waals surface area contributed by atoms with Gasteiger partial charge in [-0.05, 0) is 24.1 Å². The average Bonchev–Trinajstić information content (AvgIpc) is 2.74. The molecule has 0 aliphatic heterocycles. The van der Waals surface area contributed by atoms with Gasteiger partial charge in [-0.3, -0.25) is 14.4 Å². The average molecular weight is 384 g/mol. The van der Waals surface area contributed by atoms with E-state index < -0.39 is 18.0 Å². The third-order valence-corrected chi connectivity index (χ3v) is 3.99. The molecule has 0 saturated heterocycles. The molecule has 2 aromatic rings. The molecule has 7 nitrogen and oxygen atoms in total. The van der Waals surface area contributed by atoms with Crippen LogP contribution >= 0.6 is 0 Å². The molecule has 0 heterocycles. The number of benzene rings is 2. The summed E-state index contributed by atoms with van der Waals surface area (Å²) < 4.78 is 10.3. The minimum Gasteiger partial charge on any atom is -0.496 e. The first-order chi connectivity index (χ1) is 13.5. The predicted molar refractivity (Wildman–Crippen MR) is 104 cm³/mol. The van der Waals surface area contributed by atoms with Crippen molar-refractivity contribution < 1.29 is 23.9 Å².